The number of pyridine rings is 1. The molecule has 0 unspecified atom stereocenters. The van der Waals surface area contributed by atoms with Crippen LogP contribution in [-0.4, -0.2) is 32.5 Å². The number of aliphatic carboxylic acids is 1. The summed E-state index contributed by atoms with van der Waals surface area (Å²) in [5, 5.41) is 11.0. The number of imidazole rings is 1. The Morgan fingerprint density at radius 1 is 0.971 bits per heavy atom. The van der Waals surface area contributed by atoms with Crippen molar-refractivity contribution < 1.29 is 27.9 Å². The number of carbonyl (C=O) groups is 2. The third-order valence-electron chi connectivity index (χ3n) is 5.54. The van der Waals surface area contributed by atoms with Gasteiger partial charge in [0.15, 0.2) is 5.69 Å². The van der Waals surface area contributed by atoms with E-state index in [1.165, 1.54) is 0 Å². The number of aromatic nitrogens is 2. The van der Waals surface area contributed by atoms with Crippen LogP contribution in [0.25, 0.3) is 16.9 Å². The van der Waals surface area contributed by atoms with Crippen LogP contribution in [0.15, 0.2) is 79.0 Å². The summed E-state index contributed by atoms with van der Waals surface area (Å²) in [5.41, 5.74) is 3.00. The van der Waals surface area contributed by atoms with Gasteiger partial charge in [0.1, 0.15) is 5.82 Å². The zero-order valence-electron chi connectivity index (χ0n) is 18.1. The molecule has 0 spiro atoms. The SMILES string of the molecule is O=C(NC1(c2ccccc2)CC1)c1nc(-c2ccc(Cl)cc2)n2ccccc12.O=C(O)C(F)(F)F. The Morgan fingerprint density at radius 3 is 2.14 bits per heavy atom. The Kier molecular flexibility index (Phi) is 6.53. The first-order valence-corrected chi connectivity index (χ1v) is 10.9. The highest BCUT2D eigenvalue weighted by Crippen LogP contribution is 2.45. The Labute approximate surface area is 203 Å². The molecule has 180 valence electrons. The Morgan fingerprint density at radius 2 is 1.57 bits per heavy atom. The summed E-state index contributed by atoms with van der Waals surface area (Å²) < 4.78 is 33.7. The topological polar surface area (TPSA) is 83.7 Å². The first kappa shape index (κ1) is 24.3. The third-order valence-corrected chi connectivity index (χ3v) is 5.79. The van der Waals surface area contributed by atoms with Gasteiger partial charge in [-0.25, -0.2) is 9.78 Å². The van der Waals surface area contributed by atoms with Gasteiger partial charge in [0.25, 0.3) is 5.91 Å². The largest absolute Gasteiger partial charge is 0.490 e. The lowest BCUT2D eigenvalue weighted by molar-refractivity contribution is -0.192. The molecule has 0 radical (unpaired) electrons. The Bertz CT molecular complexity index is 1370. The molecule has 4 aromatic rings. The number of halogens is 4. The molecule has 6 nitrogen and oxygen atoms in total. The van der Waals surface area contributed by atoms with Crippen molar-refractivity contribution in [1.82, 2.24) is 14.7 Å². The number of nitrogens with one attached hydrogen (secondary N) is 1. The zero-order valence-corrected chi connectivity index (χ0v) is 18.8. The maximum absolute atomic E-state index is 13.2. The third kappa shape index (κ3) is 5.30. The lowest BCUT2D eigenvalue weighted by Gasteiger charge is -2.17. The molecular formula is C25H19ClF3N3O3. The molecule has 10 heteroatoms. The fourth-order valence-electron chi connectivity index (χ4n) is 3.65. The molecule has 2 aromatic carbocycles. The standard InChI is InChI=1S/C23H18ClN3O.C2HF3O2/c24-18-11-9-16(10-12-18)21-25-20(19-8-4-5-15-27(19)21)22(28)26-23(13-14-23)17-6-2-1-3-7-17;3-2(4,5)1(6)7/h1-12,15H,13-14H2,(H,26,28);(H,6,7). The van der Waals surface area contributed by atoms with Gasteiger partial charge in [-0.15, -0.1) is 0 Å². The summed E-state index contributed by atoms with van der Waals surface area (Å²) in [6, 6.07) is 23.4. The zero-order chi connectivity index (χ0) is 25.2. The molecule has 0 bridgehead atoms. The summed E-state index contributed by atoms with van der Waals surface area (Å²) in [5.74, 6) is -2.18. The number of nitrogens with zero attached hydrogens (tertiary/aromatic N) is 2. The Hall–Kier alpha value is -3.85. The van der Waals surface area contributed by atoms with Crippen LogP contribution in [0.5, 0.6) is 0 Å². The van der Waals surface area contributed by atoms with E-state index in [2.05, 4.69) is 17.4 Å². The number of hydrogen-bond donors (Lipinski definition) is 2. The molecule has 1 aliphatic rings. The average molecular weight is 502 g/mol. The molecule has 1 amide bonds. The summed E-state index contributed by atoms with van der Waals surface area (Å²) in [6.07, 6.45) is -1.27. The van der Waals surface area contributed by atoms with Crippen molar-refractivity contribution in [3.8, 4) is 11.4 Å². The number of rotatable bonds is 4. The van der Waals surface area contributed by atoms with Crippen molar-refractivity contribution in [3.63, 3.8) is 0 Å². The van der Waals surface area contributed by atoms with Gasteiger partial charge < -0.3 is 10.4 Å². The van der Waals surface area contributed by atoms with E-state index in [1.54, 1.807) is 0 Å². The molecule has 1 saturated carbocycles. The van der Waals surface area contributed by atoms with Gasteiger partial charge in [0.05, 0.1) is 11.1 Å². The normalized spacial score (nSPS) is 14.1. The maximum atomic E-state index is 13.2. The highest BCUT2D eigenvalue weighted by Gasteiger charge is 2.46. The number of amides is 1. The molecule has 1 fully saturated rings. The number of carboxylic acid groups (broad SMARTS) is 1. The minimum Gasteiger partial charge on any atom is -0.475 e. The molecule has 2 N–H and O–H groups in total. The van der Waals surface area contributed by atoms with E-state index in [-0.39, 0.29) is 11.4 Å². The van der Waals surface area contributed by atoms with E-state index in [4.69, 9.17) is 26.5 Å². The number of alkyl halides is 3. The van der Waals surface area contributed by atoms with E-state index in [0.29, 0.717) is 10.7 Å². The van der Waals surface area contributed by atoms with Crippen molar-refractivity contribution in [1.29, 1.82) is 0 Å². The highest BCUT2D eigenvalue weighted by molar-refractivity contribution is 6.30. The van der Waals surface area contributed by atoms with Crippen molar-refractivity contribution in [2.45, 2.75) is 24.6 Å². The molecule has 2 heterocycles. The van der Waals surface area contributed by atoms with Gasteiger partial charge >= 0.3 is 12.1 Å². The quantitative estimate of drug-likeness (QED) is 0.375. The maximum Gasteiger partial charge on any atom is 0.490 e. The van der Waals surface area contributed by atoms with Crippen LogP contribution in [0, 0.1) is 0 Å². The van der Waals surface area contributed by atoms with Gasteiger partial charge in [-0.05, 0) is 54.8 Å². The van der Waals surface area contributed by atoms with Gasteiger partial charge in [-0.1, -0.05) is 48.0 Å². The Balaban J connectivity index is 0.000000364. The lowest BCUT2D eigenvalue weighted by Crippen LogP contribution is -2.35. The number of hydrogen-bond acceptors (Lipinski definition) is 3. The average Bonchev–Trinajstić information content (AvgIpc) is 3.51. The minimum absolute atomic E-state index is 0.148. The predicted octanol–water partition coefficient (Wildman–Crippen LogP) is 5.71. The molecular weight excluding hydrogens is 483 g/mol. The van der Waals surface area contributed by atoms with Gasteiger partial charge in [-0.3, -0.25) is 9.20 Å². The molecule has 0 saturated heterocycles. The number of carboxylic acids is 1. The molecule has 2 aromatic heterocycles. The van der Waals surface area contributed by atoms with Gasteiger partial charge in [0, 0.05) is 16.8 Å². The molecule has 1 aliphatic carbocycles. The summed E-state index contributed by atoms with van der Waals surface area (Å²) in [7, 11) is 0. The van der Waals surface area contributed by atoms with Crippen LogP contribution < -0.4 is 5.32 Å². The van der Waals surface area contributed by atoms with Crippen LogP contribution in [0.1, 0.15) is 28.9 Å². The molecule has 0 atom stereocenters. The molecule has 0 aliphatic heterocycles. The van der Waals surface area contributed by atoms with Crippen molar-refractivity contribution in [2.75, 3.05) is 0 Å². The minimum atomic E-state index is -5.08. The number of benzene rings is 2. The monoisotopic (exact) mass is 501 g/mol. The van der Waals surface area contributed by atoms with E-state index in [1.807, 2.05) is 71.3 Å². The van der Waals surface area contributed by atoms with E-state index in [0.717, 1.165) is 35.3 Å². The molecule has 5 rings (SSSR count). The van der Waals surface area contributed by atoms with E-state index in [9.17, 15) is 18.0 Å². The fourth-order valence-corrected chi connectivity index (χ4v) is 3.78. The number of fused-ring (bicyclic) bond motifs is 1. The van der Waals surface area contributed by atoms with E-state index < -0.39 is 12.1 Å². The number of carbonyl (C=O) groups excluding carboxylic acids is 1. The van der Waals surface area contributed by atoms with Crippen molar-refractivity contribution in [2.24, 2.45) is 0 Å². The predicted molar refractivity (Wildman–Crippen MR) is 124 cm³/mol. The summed E-state index contributed by atoms with van der Waals surface area (Å²) in [4.78, 5) is 26.8. The van der Waals surface area contributed by atoms with Crippen LogP contribution >= 0.6 is 11.6 Å². The second-order valence-electron chi connectivity index (χ2n) is 7.95. The van der Waals surface area contributed by atoms with E-state index >= 15 is 0 Å². The van der Waals surface area contributed by atoms with Crippen molar-refractivity contribution in [3.05, 3.63) is 95.3 Å². The highest BCUT2D eigenvalue weighted by atomic mass is 35.5. The molecule has 35 heavy (non-hydrogen) atoms. The summed E-state index contributed by atoms with van der Waals surface area (Å²) in [6.45, 7) is 0. The van der Waals surface area contributed by atoms with Gasteiger partial charge in [0.2, 0.25) is 0 Å². The smallest absolute Gasteiger partial charge is 0.475 e. The second-order valence-corrected chi connectivity index (χ2v) is 8.39. The van der Waals surface area contributed by atoms with Gasteiger partial charge in [-0.2, -0.15) is 13.2 Å². The fraction of sp³-hybridized carbons (Fsp3) is 0.160. The van der Waals surface area contributed by atoms with Crippen molar-refractivity contribution >= 4 is 29.0 Å². The second kappa shape index (κ2) is 9.42. The first-order valence-electron chi connectivity index (χ1n) is 10.5. The summed E-state index contributed by atoms with van der Waals surface area (Å²) >= 11 is 6.02. The van der Waals surface area contributed by atoms with Crippen LogP contribution in [-0.2, 0) is 10.3 Å². The van der Waals surface area contributed by atoms with Crippen LogP contribution in [0.2, 0.25) is 5.02 Å². The first-order chi connectivity index (χ1) is 16.6. The van der Waals surface area contributed by atoms with Crippen LogP contribution in [0.4, 0.5) is 13.2 Å². The lowest BCUT2D eigenvalue weighted by atomic mass is 10.0. The van der Waals surface area contributed by atoms with Crippen LogP contribution in [0.3, 0.4) is 0 Å².